The van der Waals surface area contributed by atoms with Gasteiger partial charge in [0.25, 0.3) is 0 Å². The summed E-state index contributed by atoms with van der Waals surface area (Å²) in [5.41, 5.74) is -1.18. The van der Waals surface area contributed by atoms with Crippen molar-refractivity contribution in [3.05, 3.63) is 52.6 Å². The van der Waals surface area contributed by atoms with Gasteiger partial charge in [-0.3, -0.25) is 0 Å². The summed E-state index contributed by atoms with van der Waals surface area (Å²) in [6.45, 7) is 6.61. The first-order chi connectivity index (χ1) is 16.1. The second-order valence-electron chi connectivity index (χ2n) is 12.3. The van der Waals surface area contributed by atoms with Crippen LogP contribution < -0.4 is 5.63 Å². The molecule has 0 saturated heterocycles. The Bertz CT molecular complexity index is 1140. The minimum atomic E-state index is -0.751. The van der Waals surface area contributed by atoms with E-state index in [0.29, 0.717) is 5.92 Å². The third-order valence-corrected chi connectivity index (χ3v) is 11.3. The average molecular weight is 467 g/mol. The number of aliphatic hydroxyl groups is 2. The molecular weight excluding hydrogens is 428 g/mol. The Balaban J connectivity index is 1.31. The molecule has 2 aromatic heterocycles. The topological polar surface area (TPSA) is 88.5 Å². The predicted molar refractivity (Wildman–Crippen MR) is 128 cm³/mol. The van der Waals surface area contributed by atoms with Crippen LogP contribution in [0.2, 0.25) is 0 Å². The first kappa shape index (κ1) is 22.5. The van der Waals surface area contributed by atoms with Crippen LogP contribution in [-0.4, -0.2) is 31.0 Å². The van der Waals surface area contributed by atoms with Crippen LogP contribution in [0.4, 0.5) is 0 Å². The SMILES string of the molecule is Cc1nccn1[C@H]1CC[C@]2(C)[C@H]3CC[C@]4(C)[C@@H](c5ccc(=O)oc5)CC[C@]4(O)[C@@H]3CC[C@]2(O)C1. The smallest absolute Gasteiger partial charge is 0.335 e. The lowest BCUT2D eigenvalue weighted by Gasteiger charge is -2.66. The first-order valence-corrected chi connectivity index (χ1v) is 13.1. The number of aryl methyl sites for hydroxylation is 1. The highest BCUT2D eigenvalue weighted by Gasteiger charge is 2.70. The van der Waals surface area contributed by atoms with Gasteiger partial charge in [0.15, 0.2) is 0 Å². The van der Waals surface area contributed by atoms with Crippen LogP contribution in [0.1, 0.15) is 95.0 Å². The summed E-state index contributed by atoms with van der Waals surface area (Å²) in [6, 6.07) is 3.68. The molecule has 2 N–H and O–H groups in total. The van der Waals surface area contributed by atoms with Gasteiger partial charge in [-0.2, -0.15) is 0 Å². The standard InChI is InChI=1S/C28H38N2O4/c1-18-29-14-15-30(18)20-6-10-25(2)22-7-11-26(3)21(19-4-5-24(31)34-17-19)9-13-28(26,33)23(22)8-12-27(25,32)16-20/h4-5,14-15,17,20-23,32-33H,6-13,16H2,1-3H3/t20-,21+,22-,23+,25+,26+,27-,28-/m0/s1. The lowest BCUT2D eigenvalue weighted by molar-refractivity contribution is -0.249. The van der Waals surface area contributed by atoms with Crippen LogP contribution in [0.5, 0.6) is 0 Å². The van der Waals surface area contributed by atoms with E-state index in [2.05, 4.69) is 29.6 Å². The highest BCUT2D eigenvalue weighted by atomic mass is 16.4. The molecule has 4 fully saturated rings. The van der Waals surface area contributed by atoms with Gasteiger partial charge >= 0.3 is 5.63 Å². The molecule has 6 nitrogen and oxygen atoms in total. The fourth-order valence-electron chi connectivity index (χ4n) is 9.31. The number of imidazole rings is 1. The van der Waals surface area contributed by atoms with Gasteiger partial charge in [0.1, 0.15) is 5.82 Å². The lowest BCUT2D eigenvalue weighted by atomic mass is 9.42. The molecule has 4 saturated carbocycles. The van der Waals surface area contributed by atoms with E-state index < -0.39 is 11.2 Å². The molecule has 4 aliphatic carbocycles. The van der Waals surface area contributed by atoms with Crippen molar-refractivity contribution in [3.8, 4) is 0 Å². The van der Waals surface area contributed by atoms with Gasteiger partial charge in [0.05, 0.1) is 17.5 Å². The number of hydrogen-bond donors (Lipinski definition) is 2. The molecule has 0 amide bonds. The molecule has 4 aliphatic rings. The van der Waals surface area contributed by atoms with E-state index in [9.17, 15) is 15.0 Å². The summed E-state index contributed by atoms with van der Waals surface area (Å²) in [5.74, 6) is 1.73. The van der Waals surface area contributed by atoms with Crippen molar-refractivity contribution in [2.75, 3.05) is 0 Å². The van der Waals surface area contributed by atoms with E-state index in [-0.39, 0.29) is 34.3 Å². The third-order valence-electron chi connectivity index (χ3n) is 11.3. The van der Waals surface area contributed by atoms with Crippen LogP contribution in [0.3, 0.4) is 0 Å². The highest BCUT2D eigenvalue weighted by molar-refractivity contribution is 5.28. The summed E-state index contributed by atoms with van der Waals surface area (Å²) in [5, 5.41) is 24.5. The summed E-state index contributed by atoms with van der Waals surface area (Å²) in [6.07, 6.45) is 13.6. The Kier molecular flexibility index (Phi) is 4.84. The van der Waals surface area contributed by atoms with Crippen LogP contribution in [0.25, 0.3) is 0 Å². The molecule has 0 spiro atoms. The zero-order valence-electron chi connectivity index (χ0n) is 20.7. The van der Waals surface area contributed by atoms with Crippen LogP contribution in [-0.2, 0) is 0 Å². The van der Waals surface area contributed by atoms with E-state index >= 15 is 0 Å². The van der Waals surface area contributed by atoms with Crippen molar-refractivity contribution >= 4 is 0 Å². The average Bonchev–Trinajstić information content (AvgIpc) is 3.35. The lowest BCUT2D eigenvalue weighted by Crippen LogP contribution is -2.66. The number of fused-ring (bicyclic) bond motifs is 5. The number of aromatic nitrogens is 2. The molecule has 6 heteroatoms. The molecule has 6 rings (SSSR count). The fraction of sp³-hybridized carbons (Fsp3) is 0.714. The van der Waals surface area contributed by atoms with E-state index in [1.54, 1.807) is 6.26 Å². The summed E-state index contributed by atoms with van der Waals surface area (Å²) >= 11 is 0. The highest BCUT2D eigenvalue weighted by Crippen LogP contribution is 2.71. The van der Waals surface area contributed by atoms with E-state index in [4.69, 9.17) is 4.42 Å². The van der Waals surface area contributed by atoms with Gasteiger partial charge in [-0.1, -0.05) is 13.8 Å². The largest absolute Gasteiger partial charge is 0.431 e. The van der Waals surface area contributed by atoms with Gasteiger partial charge in [-0.25, -0.2) is 9.78 Å². The van der Waals surface area contributed by atoms with Crippen LogP contribution >= 0.6 is 0 Å². The Morgan fingerprint density at radius 2 is 1.76 bits per heavy atom. The molecule has 8 atom stereocenters. The summed E-state index contributed by atoms with van der Waals surface area (Å²) in [7, 11) is 0. The van der Waals surface area contributed by atoms with Crippen molar-refractivity contribution in [3.63, 3.8) is 0 Å². The molecule has 0 unspecified atom stereocenters. The zero-order chi connectivity index (χ0) is 23.9. The second-order valence-corrected chi connectivity index (χ2v) is 12.3. The maximum Gasteiger partial charge on any atom is 0.335 e. The fourth-order valence-corrected chi connectivity index (χ4v) is 9.31. The number of hydrogen-bond acceptors (Lipinski definition) is 5. The third kappa shape index (κ3) is 2.81. The minimum Gasteiger partial charge on any atom is -0.431 e. The predicted octanol–water partition coefficient (Wildman–Crippen LogP) is 4.74. The monoisotopic (exact) mass is 466 g/mol. The second kappa shape index (κ2) is 7.30. The Labute approximate surface area is 201 Å². The summed E-state index contributed by atoms with van der Waals surface area (Å²) < 4.78 is 7.45. The molecule has 34 heavy (non-hydrogen) atoms. The van der Waals surface area contributed by atoms with Gasteiger partial charge in [-0.15, -0.1) is 0 Å². The van der Waals surface area contributed by atoms with Crippen LogP contribution in [0, 0.1) is 29.6 Å². The molecule has 0 radical (unpaired) electrons. The molecule has 2 heterocycles. The minimum absolute atomic E-state index is 0.185. The van der Waals surface area contributed by atoms with Gasteiger partial charge in [0.2, 0.25) is 0 Å². The van der Waals surface area contributed by atoms with Crippen molar-refractivity contribution in [2.24, 2.45) is 22.7 Å². The Morgan fingerprint density at radius 1 is 1.00 bits per heavy atom. The summed E-state index contributed by atoms with van der Waals surface area (Å²) in [4.78, 5) is 15.9. The van der Waals surface area contributed by atoms with Gasteiger partial charge in [-0.05, 0) is 99.5 Å². The Morgan fingerprint density at radius 3 is 2.47 bits per heavy atom. The van der Waals surface area contributed by atoms with Crippen molar-refractivity contribution in [1.29, 1.82) is 0 Å². The van der Waals surface area contributed by atoms with Gasteiger partial charge < -0.3 is 19.2 Å². The number of nitrogens with zero attached hydrogens (tertiary/aromatic N) is 2. The first-order valence-electron chi connectivity index (χ1n) is 13.1. The van der Waals surface area contributed by atoms with Crippen molar-refractivity contribution < 1.29 is 14.6 Å². The quantitative estimate of drug-likeness (QED) is 0.667. The molecule has 0 bridgehead atoms. The zero-order valence-corrected chi connectivity index (χ0v) is 20.7. The van der Waals surface area contributed by atoms with Gasteiger partial charge in [0, 0.05) is 29.9 Å². The maximum atomic E-state index is 12.4. The van der Waals surface area contributed by atoms with E-state index in [1.165, 1.54) is 6.07 Å². The molecule has 0 aliphatic heterocycles. The normalized spacial score (nSPS) is 45.9. The molecule has 0 aromatic carbocycles. The molecule has 184 valence electrons. The van der Waals surface area contributed by atoms with E-state index in [1.807, 2.05) is 19.2 Å². The van der Waals surface area contributed by atoms with E-state index in [0.717, 1.165) is 69.2 Å². The maximum absolute atomic E-state index is 12.4. The number of rotatable bonds is 2. The Hall–Kier alpha value is -1.92. The van der Waals surface area contributed by atoms with Crippen molar-refractivity contribution in [2.45, 2.75) is 102 Å². The molecular formula is C28H38N2O4. The molecule has 2 aromatic rings. The van der Waals surface area contributed by atoms with Crippen molar-refractivity contribution in [1.82, 2.24) is 9.55 Å². The van der Waals surface area contributed by atoms with Crippen LogP contribution in [0.15, 0.2) is 40.0 Å².